The number of nitrogen functional groups attached to an aromatic ring is 1. The molecule has 5 nitrogen and oxygen atoms in total. The summed E-state index contributed by atoms with van der Waals surface area (Å²) in [6.45, 7) is 1.97. The molecule has 0 spiro atoms. The maximum absolute atomic E-state index is 12.3. The van der Waals surface area contributed by atoms with Gasteiger partial charge in [0.1, 0.15) is 5.82 Å². The maximum Gasteiger partial charge on any atom is 0.257 e. The van der Waals surface area contributed by atoms with Crippen LogP contribution in [0.3, 0.4) is 0 Å². The molecule has 3 aromatic rings. The van der Waals surface area contributed by atoms with E-state index in [-0.39, 0.29) is 5.91 Å². The Hall–Kier alpha value is -2.47. The first-order valence-corrected chi connectivity index (χ1v) is 7.40. The highest BCUT2D eigenvalue weighted by Gasteiger charge is 2.11. The molecule has 3 N–H and O–H groups in total. The van der Waals surface area contributed by atoms with E-state index in [1.165, 1.54) is 11.3 Å². The van der Waals surface area contributed by atoms with E-state index < -0.39 is 0 Å². The molecule has 0 saturated heterocycles. The van der Waals surface area contributed by atoms with Crippen LogP contribution in [0.1, 0.15) is 23.0 Å². The number of hydrogen-bond acceptors (Lipinski definition) is 5. The van der Waals surface area contributed by atoms with E-state index in [1.54, 1.807) is 12.1 Å². The number of pyridine rings is 1. The molecule has 0 atom stereocenters. The smallest absolute Gasteiger partial charge is 0.257 e. The van der Waals surface area contributed by atoms with Gasteiger partial charge >= 0.3 is 0 Å². The fourth-order valence-corrected chi connectivity index (χ4v) is 2.88. The Morgan fingerprint density at radius 2 is 2.10 bits per heavy atom. The summed E-state index contributed by atoms with van der Waals surface area (Å²) in [4.78, 5) is 20.8. The van der Waals surface area contributed by atoms with Crippen molar-refractivity contribution in [3.63, 3.8) is 0 Å². The van der Waals surface area contributed by atoms with Gasteiger partial charge in [-0.25, -0.2) is 9.97 Å². The topological polar surface area (TPSA) is 80.9 Å². The van der Waals surface area contributed by atoms with Crippen molar-refractivity contribution in [3.8, 4) is 0 Å². The molecule has 0 aliphatic carbocycles. The first-order chi connectivity index (χ1) is 10.2. The highest BCUT2D eigenvalue weighted by atomic mass is 32.1. The number of nitrogens with zero attached hydrogens (tertiary/aromatic N) is 2. The summed E-state index contributed by atoms with van der Waals surface area (Å²) >= 11 is 1.44. The van der Waals surface area contributed by atoms with Crippen molar-refractivity contribution in [2.75, 3.05) is 11.1 Å². The Labute approximate surface area is 125 Å². The molecule has 0 bridgehead atoms. The van der Waals surface area contributed by atoms with Crippen LogP contribution in [0.25, 0.3) is 10.2 Å². The van der Waals surface area contributed by atoms with E-state index in [0.29, 0.717) is 16.5 Å². The van der Waals surface area contributed by atoms with Crippen molar-refractivity contribution in [1.82, 2.24) is 9.97 Å². The number of rotatable bonds is 3. The van der Waals surface area contributed by atoms with Crippen LogP contribution < -0.4 is 11.1 Å². The van der Waals surface area contributed by atoms with Crippen LogP contribution in [-0.4, -0.2) is 15.9 Å². The Morgan fingerprint density at radius 1 is 1.29 bits per heavy atom. The Bertz CT molecular complexity index is 779. The van der Waals surface area contributed by atoms with E-state index in [0.717, 1.165) is 22.3 Å². The zero-order valence-corrected chi connectivity index (χ0v) is 12.3. The number of thiazole rings is 1. The second-order valence-electron chi connectivity index (χ2n) is 4.57. The second-order valence-corrected chi connectivity index (χ2v) is 5.60. The first-order valence-electron chi connectivity index (χ1n) is 6.59. The number of carbonyl (C=O) groups excluding carboxylic acids is 1. The third-order valence-electron chi connectivity index (χ3n) is 3.04. The van der Waals surface area contributed by atoms with E-state index in [9.17, 15) is 4.79 Å². The molecular weight excluding hydrogens is 284 g/mol. The zero-order valence-electron chi connectivity index (χ0n) is 11.5. The van der Waals surface area contributed by atoms with Gasteiger partial charge in [0.2, 0.25) is 0 Å². The summed E-state index contributed by atoms with van der Waals surface area (Å²) in [5, 5.41) is 3.39. The number of benzene rings is 1. The lowest BCUT2D eigenvalue weighted by molar-refractivity contribution is 0.102. The molecule has 6 heteroatoms. The fraction of sp³-hybridized carbons (Fsp3) is 0.133. The SMILES string of the molecule is CCc1cc(C(=O)Nc2nc3ccccc3s2)cc(N)n1. The molecule has 21 heavy (non-hydrogen) atoms. The number of carbonyl (C=O) groups is 1. The number of fused-ring (bicyclic) bond motifs is 1. The molecule has 3 rings (SSSR count). The Balaban J connectivity index is 1.87. The highest BCUT2D eigenvalue weighted by molar-refractivity contribution is 7.22. The lowest BCUT2D eigenvalue weighted by Crippen LogP contribution is -2.13. The van der Waals surface area contributed by atoms with Crippen LogP contribution in [0.4, 0.5) is 10.9 Å². The fourth-order valence-electron chi connectivity index (χ4n) is 2.02. The Morgan fingerprint density at radius 3 is 2.86 bits per heavy atom. The first kappa shape index (κ1) is 13.5. The Kier molecular flexibility index (Phi) is 3.53. The van der Waals surface area contributed by atoms with E-state index in [2.05, 4.69) is 15.3 Å². The molecule has 2 aromatic heterocycles. The van der Waals surface area contributed by atoms with Crippen molar-refractivity contribution in [1.29, 1.82) is 0 Å². The number of aryl methyl sites for hydroxylation is 1. The predicted molar refractivity (Wildman–Crippen MR) is 85.6 cm³/mol. The average molecular weight is 298 g/mol. The number of amides is 1. The number of nitrogens with two attached hydrogens (primary N) is 1. The molecule has 0 radical (unpaired) electrons. The highest BCUT2D eigenvalue weighted by Crippen LogP contribution is 2.25. The van der Waals surface area contributed by atoms with Gasteiger partial charge in [-0.3, -0.25) is 10.1 Å². The van der Waals surface area contributed by atoms with Gasteiger partial charge in [0.05, 0.1) is 10.2 Å². The van der Waals surface area contributed by atoms with Gasteiger partial charge in [-0.05, 0) is 30.7 Å². The van der Waals surface area contributed by atoms with Gasteiger partial charge in [0.25, 0.3) is 5.91 Å². The number of nitrogens with one attached hydrogen (secondary N) is 1. The van der Waals surface area contributed by atoms with Crippen molar-refractivity contribution >= 4 is 38.4 Å². The second kappa shape index (κ2) is 5.49. The van der Waals surface area contributed by atoms with Gasteiger partial charge in [-0.15, -0.1) is 0 Å². The standard InChI is InChI=1S/C15H14N4OS/c1-2-10-7-9(8-13(16)17-10)14(20)19-15-18-11-5-3-4-6-12(11)21-15/h3-8H,2H2,1H3,(H2,16,17)(H,18,19,20). The summed E-state index contributed by atoms with van der Waals surface area (Å²) in [6, 6.07) is 11.1. The third-order valence-corrected chi connectivity index (χ3v) is 3.99. The van der Waals surface area contributed by atoms with Crippen molar-refractivity contribution in [2.24, 2.45) is 0 Å². The molecule has 0 unspecified atom stereocenters. The van der Waals surface area contributed by atoms with E-state index >= 15 is 0 Å². The average Bonchev–Trinajstić information content (AvgIpc) is 2.88. The molecular formula is C15H14N4OS. The lowest BCUT2D eigenvalue weighted by atomic mass is 10.2. The molecule has 1 aromatic carbocycles. The van der Waals surface area contributed by atoms with Gasteiger partial charge < -0.3 is 5.73 Å². The summed E-state index contributed by atoms with van der Waals surface area (Å²) in [5.41, 5.74) is 7.89. The zero-order chi connectivity index (χ0) is 14.8. The van der Waals surface area contributed by atoms with Crippen LogP contribution in [-0.2, 0) is 6.42 Å². The van der Waals surface area contributed by atoms with Crippen LogP contribution >= 0.6 is 11.3 Å². The minimum absolute atomic E-state index is 0.224. The largest absolute Gasteiger partial charge is 0.384 e. The van der Waals surface area contributed by atoms with E-state index in [1.807, 2.05) is 31.2 Å². The number of anilines is 2. The van der Waals surface area contributed by atoms with Crippen LogP contribution in [0, 0.1) is 0 Å². The molecule has 0 aliphatic rings. The summed E-state index contributed by atoms with van der Waals surface area (Å²) in [6.07, 6.45) is 0.729. The molecule has 0 saturated carbocycles. The van der Waals surface area contributed by atoms with Gasteiger partial charge in [0.15, 0.2) is 5.13 Å². The normalized spacial score (nSPS) is 10.7. The maximum atomic E-state index is 12.3. The van der Waals surface area contributed by atoms with Gasteiger partial charge in [-0.2, -0.15) is 0 Å². The van der Waals surface area contributed by atoms with Crippen molar-refractivity contribution < 1.29 is 4.79 Å². The quantitative estimate of drug-likeness (QED) is 0.778. The van der Waals surface area contributed by atoms with Gasteiger partial charge in [0, 0.05) is 11.3 Å². The monoisotopic (exact) mass is 298 g/mol. The molecule has 106 valence electrons. The predicted octanol–water partition coefficient (Wildman–Crippen LogP) is 3.09. The van der Waals surface area contributed by atoms with Crippen LogP contribution in [0.2, 0.25) is 0 Å². The lowest BCUT2D eigenvalue weighted by Gasteiger charge is -2.05. The van der Waals surface area contributed by atoms with Gasteiger partial charge in [-0.1, -0.05) is 30.4 Å². The summed E-state index contributed by atoms with van der Waals surface area (Å²) < 4.78 is 1.04. The van der Waals surface area contributed by atoms with Crippen molar-refractivity contribution in [2.45, 2.75) is 13.3 Å². The molecule has 0 fully saturated rings. The number of hydrogen-bond donors (Lipinski definition) is 2. The minimum Gasteiger partial charge on any atom is -0.384 e. The summed E-state index contributed by atoms with van der Waals surface area (Å²) in [5.74, 6) is 0.127. The van der Waals surface area contributed by atoms with Crippen LogP contribution in [0.15, 0.2) is 36.4 Å². The minimum atomic E-state index is -0.224. The molecule has 2 heterocycles. The van der Waals surface area contributed by atoms with Crippen molar-refractivity contribution in [3.05, 3.63) is 47.7 Å². The summed E-state index contributed by atoms with van der Waals surface area (Å²) in [7, 11) is 0. The van der Waals surface area contributed by atoms with E-state index in [4.69, 9.17) is 5.73 Å². The number of aromatic nitrogens is 2. The number of para-hydroxylation sites is 1. The molecule has 0 aliphatic heterocycles. The van der Waals surface area contributed by atoms with Crippen LogP contribution in [0.5, 0.6) is 0 Å². The third kappa shape index (κ3) is 2.85. The molecule has 1 amide bonds.